The van der Waals surface area contributed by atoms with Crippen molar-refractivity contribution < 1.29 is 0 Å². The highest BCUT2D eigenvalue weighted by molar-refractivity contribution is 6.19. The molecule has 0 fully saturated rings. The molecule has 1 aromatic carbocycles. The Morgan fingerprint density at radius 1 is 1.30 bits per heavy atom. The predicted molar refractivity (Wildman–Crippen MR) is 42.0 cm³/mol. The van der Waals surface area contributed by atoms with E-state index >= 15 is 0 Å². The van der Waals surface area contributed by atoms with Crippen molar-refractivity contribution in [3.8, 4) is 0 Å². The highest BCUT2D eigenvalue weighted by Gasteiger charge is 1.94. The average Bonchev–Trinajstić information content (AvgIpc) is 2.34. The third kappa shape index (κ3) is 0.711. The Morgan fingerprint density at radius 2 is 2.10 bits per heavy atom. The van der Waals surface area contributed by atoms with Gasteiger partial charge in [0.25, 0.3) is 0 Å². The summed E-state index contributed by atoms with van der Waals surface area (Å²) in [4.78, 5) is 0. The van der Waals surface area contributed by atoms with E-state index in [0.29, 0.717) is 0 Å². The van der Waals surface area contributed by atoms with E-state index in [1.54, 1.807) is 6.20 Å². The number of nitrogens with zero attached hydrogens (tertiary/aromatic N) is 1. The van der Waals surface area contributed by atoms with Crippen molar-refractivity contribution in [2.24, 2.45) is 0 Å². The number of hydrogen-bond acceptors (Lipinski definition) is 0. The first-order valence-electron chi connectivity index (χ1n) is 3.02. The van der Waals surface area contributed by atoms with Crippen LogP contribution in [0.4, 0.5) is 0 Å². The van der Waals surface area contributed by atoms with Crippen LogP contribution in [0, 0.1) is 6.07 Å². The average molecular weight is 151 g/mol. The molecule has 0 aliphatic carbocycles. The molecule has 0 amide bonds. The van der Waals surface area contributed by atoms with Gasteiger partial charge in [0.05, 0.1) is 5.52 Å². The van der Waals surface area contributed by atoms with E-state index in [9.17, 15) is 0 Å². The molecule has 1 radical (unpaired) electrons. The molecule has 0 spiro atoms. The summed E-state index contributed by atoms with van der Waals surface area (Å²) in [6, 6.07) is 10.9. The molecule has 1 aromatic heterocycles. The van der Waals surface area contributed by atoms with Gasteiger partial charge in [0.15, 0.2) is 0 Å². The minimum atomic E-state index is 1.00. The van der Waals surface area contributed by atoms with Crippen molar-refractivity contribution in [3.05, 3.63) is 36.5 Å². The van der Waals surface area contributed by atoms with E-state index in [-0.39, 0.29) is 0 Å². The lowest BCUT2D eigenvalue weighted by atomic mass is 10.3. The lowest BCUT2D eigenvalue weighted by Gasteiger charge is -1.89. The first-order chi connectivity index (χ1) is 4.88. The molecule has 0 bridgehead atoms. The number of benzene rings is 1. The molecule has 0 atom stereocenters. The number of para-hydroxylation sites is 1. The zero-order valence-electron chi connectivity index (χ0n) is 5.21. The van der Waals surface area contributed by atoms with Gasteiger partial charge < -0.3 is 0 Å². The van der Waals surface area contributed by atoms with Gasteiger partial charge >= 0.3 is 0 Å². The van der Waals surface area contributed by atoms with Crippen LogP contribution in [0.1, 0.15) is 0 Å². The Kier molecular flexibility index (Phi) is 1.18. The fourth-order valence-corrected chi connectivity index (χ4v) is 1.17. The molecule has 0 saturated carbocycles. The fourth-order valence-electron chi connectivity index (χ4n) is 0.978. The monoisotopic (exact) mass is 150 g/mol. The van der Waals surface area contributed by atoms with Gasteiger partial charge in [0, 0.05) is 29.4 Å². The summed E-state index contributed by atoms with van der Waals surface area (Å²) in [5, 5.41) is 1.05. The van der Waals surface area contributed by atoms with E-state index < -0.39 is 0 Å². The Bertz CT molecular complexity index is 351. The van der Waals surface area contributed by atoms with Crippen LogP contribution in [0.5, 0.6) is 0 Å². The second-order valence-corrected chi connectivity index (χ2v) is 2.47. The summed E-state index contributed by atoms with van der Waals surface area (Å²) in [6.07, 6.45) is 1.71. The van der Waals surface area contributed by atoms with E-state index in [0.717, 1.165) is 10.9 Å². The molecule has 2 rings (SSSR count). The third-order valence-corrected chi connectivity index (χ3v) is 1.75. The van der Waals surface area contributed by atoms with E-state index in [2.05, 4.69) is 6.07 Å². The summed E-state index contributed by atoms with van der Waals surface area (Å²) in [5.41, 5.74) is 1.00. The van der Waals surface area contributed by atoms with Crippen molar-refractivity contribution in [2.75, 3.05) is 0 Å². The second kappa shape index (κ2) is 2.03. The Balaban J connectivity index is 2.93. The molecule has 2 aromatic rings. The molecular weight excluding hydrogens is 146 g/mol. The molecule has 0 saturated heterocycles. The van der Waals surface area contributed by atoms with Gasteiger partial charge in [-0.1, -0.05) is 18.2 Å². The van der Waals surface area contributed by atoms with Crippen molar-refractivity contribution in [2.45, 2.75) is 0 Å². The van der Waals surface area contributed by atoms with Gasteiger partial charge in [-0.2, -0.15) is 0 Å². The van der Waals surface area contributed by atoms with Crippen LogP contribution in [-0.2, 0) is 0 Å². The number of fused-ring (bicyclic) bond motifs is 1. The summed E-state index contributed by atoms with van der Waals surface area (Å²) < 4.78 is 1.54. The summed E-state index contributed by atoms with van der Waals surface area (Å²) in [6.45, 7) is 0. The van der Waals surface area contributed by atoms with Crippen molar-refractivity contribution in [3.63, 3.8) is 0 Å². The van der Waals surface area contributed by atoms with Crippen LogP contribution in [0.15, 0.2) is 30.5 Å². The van der Waals surface area contributed by atoms with E-state index in [1.807, 2.05) is 24.3 Å². The van der Waals surface area contributed by atoms with Crippen molar-refractivity contribution >= 4 is 22.7 Å². The van der Waals surface area contributed by atoms with E-state index in [4.69, 9.17) is 11.8 Å². The van der Waals surface area contributed by atoms with Crippen LogP contribution in [0.3, 0.4) is 0 Å². The van der Waals surface area contributed by atoms with Crippen molar-refractivity contribution in [1.82, 2.24) is 4.09 Å². The molecule has 0 N–H and O–H groups in total. The van der Waals surface area contributed by atoms with Gasteiger partial charge in [-0.25, -0.2) is 0 Å². The fraction of sp³-hybridized carbons (Fsp3) is 0. The first kappa shape index (κ1) is 5.81. The molecule has 0 aliphatic rings. The maximum absolute atomic E-state index is 5.76. The molecule has 1 heterocycles. The molecule has 0 aliphatic heterocycles. The van der Waals surface area contributed by atoms with Gasteiger partial charge in [0.2, 0.25) is 0 Å². The molecule has 10 heavy (non-hydrogen) atoms. The Labute approximate surface area is 63.9 Å². The highest BCUT2D eigenvalue weighted by atomic mass is 35.5. The largest absolute Gasteiger partial charge is 0.260 e. The molecule has 0 unspecified atom stereocenters. The summed E-state index contributed by atoms with van der Waals surface area (Å²) in [7, 11) is 0. The Hall–Kier alpha value is -0.950. The number of aromatic nitrogens is 1. The first-order valence-corrected chi connectivity index (χ1v) is 3.35. The number of rotatable bonds is 0. The van der Waals surface area contributed by atoms with E-state index in [1.165, 1.54) is 4.09 Å². The van der Waals surface area contributed by atoms with Gasteiger partial charge in [-0.15, -0.1) is 0 Å². The quantitative estimate of drug-likeness (QED) is 0.544. The molecular formula is C8H5ClN. The van der Waals surface area contributed by atoms with Crippen molar-refractivity contribution in [1.29, 1.82) is 0 Å². The standard InChI is InChI=1S/C8H5ClN/c9-10-6-5-7-3-1-2-4-8(7)10/h1-4,6H. The normalized spacial score (nSPS) is 10.5. The lowest BCUT2D eigenvalue weighted by molar-refractivity contribution is 1.32. The zero-order valence-corrected chi connectivity index (χ0v) is 5.97. The minimum Gasteiger partial charge on any atom is -0.260 e. The SMILES string of the molecule is Cln1c[c]c2ccccc21. The Morgan fingerprint density at radius 3 is 2.90 bits per heavy atom. The minimum absolute atomic E-state index is 1.00. The van der Waals surface area contributed by atoms with Gasteiger partial charge in [-0.05, 0) is 6.07 Å². The maximum Gasteiger partial charge on any atom is 0.0653 e. The van der Waals surface area contributed by atoms with Crippen LogP contribution < -0.4 is 0 Å². The van der Waals surface area contributed by atoms with Gasteiger partial charge in [-0.3, -0.25) is 4.09 Å². The summed E-state index contributed by atoms with van der Waals surface area (Å²) >= 11 is 5.76. The van der Waals surface area contributed by atoms with Crippen LogP contribution in [-0.4, -0.2) is 4.09 Å². The van der Waals surface area contributed by atoms with Crippen LogP contribution >= 0.6 is 11.8 Å². The van der Waals surface area contributed by atoms with Crippen LogP contribution in [0.25, 0.3) is 10.9 Å². The smallest absolute Gasteiger partial charge is 0.0653 e. The third-order valence-electron chi connectivity index (χ3n) is 1.47. The van der Waals surface area contributed by atoms with Gasteiger partial charge in [0.1, 0.15) is 0 Å². The molecule has 1 nitrogen and oxygen atoms in total. The molecule has 2 heteroatoms. The summed E-state index contributed by atoms with van der Waals surface area (Å²) in [5.74, 6) is 0. The molecule has 49 valence electrons. The highest BCUT2D eigenvalue weighted by Crippen LogP contribution is 2.14. The predicted octanol–water partition coefficient (Wildman–Crippen LogP) is 2.44. The number of halogens is 1. The number of hydrogen-bond donors (Lipinski definition) is 0. The topological polar surface area (TPSA) is 4.93 Å². The zero-order chi connectivity index (χ0) is 6.97. The van der Waals surface area contributed by atoms with Crippen LogP contribution in [0.2, 0.25) is 0 Å². The lowest BCUT2D eigenvalue weighted by Crippen LogP contribution is -1.72. The second-order valence-electron chi connectivity index (χ2n) is 2.10. The maximum atomic E-state index is 5.76.